The Morgan fingerprint density at radius 3 is 2.38 bits per heavy atom. The first-order valence-corrected chi connectivity index (χ1v) is 7.11. The predicted octanol–water partition coefficient (Wildman–Crippen LogP) is 2.69. The molecular formula is C12H15NO2S. The van der Waals surface area contributed by atoms with Crippen LogP contribution in [0.1, 0.15) is 25.5 Å². The van der Waals surface area contributed by atoms with Crippen LogP contribution in [0.3, 0.4) is 0 Å². The molecule has 1 aromatic carbocycles. The van der Waals surface area contributed by atoms with Crippen molar-refractivity contribution in [2.45, 2.75) is 24.7 Å². The van der Waals surface area contributed by atoms with Crippen LogP contribution in [0.15, 0.2) is 29.2 Å². The van der Waals surface area contributed by atoms with Gasteiger partial charge in [-0.25, -0.2) is 8.42 Å². The van der Waals surface area contributed by atoms with Crippen LogP contribution in [0, 0.1) is 0 Å². The zero-order chi connectivity index (χ0) is 11.9. The second-order valence-electron chi connectivity index (χ2n) is 4.34. The molecule has 0 radical (unpaired) electrons. The third-order valence-electron chi connectivity index (χ3n) is 2.63. The minimum absolute atomic E-state index is 0.164. The summed E-state index contributed by atoms with van der Waals surface area (Å²) in [6.07, 6.45) is 1.26. The van der Waals surface area contributed by atoms with Crippen LogP contribution in [0.2, 0.25) is 0 Å². The summed E-state index contributed by atoms with van der Waals surface area (Å²) >= 11 is 0. The van der Waals surface area contributed by atoms with Gasteiger partial charge in [-0.3, -0.25) is 0 Å². The normalized spacial score (nSPS) is 12.5. The minimum atomic E-state index is -3.19. The van der Waals surface area contributed by atoms with Gasteiger partial charge in [0.2, 0.25) is 0 Å². The van der Waals surface area contributed by atoms with Crippen molar-refractivity contribution in [2.24, 2.45) is 0 Å². The van der Waals surface area contributed by atoms with Crippen LogP contribution < -0.4 is 0 Å². The average Bonchev–Trinajstić information content (AvgIpc) is 2.55. The first-order chi connectivity index (χ1) is 7.41. The van der Waals surface area contributed by atoms with E-state index in [1.54, 1.807) is 0 Å². The van der Waals surface area contributed by atoms with Gasteiger partial charge in [0.05, 0.1) is 4.90 Å². The lowest BCUT2D eigenvalue weighted by atomic mass is 10.1. The number of H-pyrrole nitrogens is 1. The number of rotatable bonds is 2. The summed E-state index contributed by atoms with van der Waals surface area (Å²) in [5.74, 6) is 0.164. The Balaban J connectivity index is 2.91. The number of sulfone groups is 1. The standard InChI is InChI=1S/C12H15NO2S/c1-8(2)11-12(16(3,14)15)9-6-4-5-7-10(9)13-11/h4-8,13H,1-3H3. The molecule has 1 heterocycles. The Kier molecular flexibility index (Phi) is 2.54. The van der Waals surface area contributed by atoms with Crippen LogP contribution in [0.5, 0.6) is 0 Å². The SMILES string of the molecule is CC(C)c1[nH]c2ccccc2c1S(C)(=O)=O. The molecule has 2 aromatic rings. The fourth-order valence-electron chi connectivity index (χ4n) is 1.94. The number of para-hydroxylation sites is 1. The van der Waals surface area contributed by atoms with Gasteiger partial charge in [0.1, 0.15) is 0 Å². The topological polar surface area (TPSA) is 49.9 Å². The third kappa shape index (κ3) is 1.73. The first kappa shape index (κ1) is 11.2. The molecule has 0 aliphatic heterocycles. The zero-order valence-corrected chi connectivity index (χ0v) is 10.4. The van der Waals surface area contributed by atoms with Gasteiger partial charge in [0.15, 0.2) is 9.84 Å². The largest absolute Gasteiger partial charge is 0.357 e. The van der Waals surface area contributed by atoms with Crippen LogP contribution >= 0.6 is 0 Å². The van der Waals surface area contributed by atoms with E-state index in [1.807, 2.05) is 38.1 Å². The van der Waals surface area contributed by atoms with Gasteiger partial charge in [-0.2, -0.15) is 0 Å². The van der Waals surface area contributed by atoms with Crippen LogP contribution in [-0.4, -0.2) is 19.7 Å². The highest BCUT2D eigenvalue weighted by Gasteiger charge is 2.21. The Hall–Kier alpha value is -1.29. The lowest BCUT2D eigenvalue weighted by Crippen LogP contribution is -2.02. The van der Waals surface area contributed by atoms with Gasteiger partial charge in [0.25, 0.3) is 0 Å². The molecule has 1 N–H and O–H groups in total. The zero-order valence-electron chi connectivity index (χ0n) is 9.61. The fraction of sp³-hybridized carbons (Fsp3) is 0.333. The van der Waals surface area contributed by atoms with Gasteiger partial charge in [-0.1, -0.05) is 32.0 Å². The molecule has 0 unspecified atom stereocenters. The summed E-state index contributed by atoms with van der Waals surface area (Å²) < 4.78 is 23.6. The Bertz CT molecular complexity index is 624. The smallest absolute Gasteiger partial charge is 0.177 e. The van der Waals surface area contributed by atoms with E-state index in [-0.39, 0.29) is 5.92 Å². The summed E-state index contributed by atoms with van der Waals surface area (Å²) in [6.45, 7) is 3.97. The highest BCUT2D eigenvalue weighted by Crippen LogP contribution is 2.31. The molecular weight excluding hydrogens is 222 g/mol. The van der Waals surface area contributed by atoms with Crippen molar-refractivity contribution in [2.75, 3.05) is 6.26 Å². The van der Waals surface area contributed by atoms with Gasteiger partial charge in [-0.05, 0) is 12.0 Å². The molecule has 16 heavy (non-hydrogen) atoms. The van der Waals surface area contributed by atoms with Crippen LogP contribution in [0.4, 0.5) is 0 Å². The molecule has 0 amide bonds. The van der Waals surface area contributed by atoms with Crippen molar-refractivity contribution in [3.63, 3.8) is 0 Å². The molecule has 0 spiro atoms. The van der Waals surface area contributed by atoms with E-state index >= 15 is 0 Å². The summed E-state index contributed by atoms with van der Waals surface area (Å²) in [6, 6.07) is 7.49. The Morgan fingerprint density at radius 2 is 1.81 bits per heavy atom. The predicted molar refractivity (Wildman–Crippen MR) is 65.5 cm³/mol. The molecule has 1 aromatic heterocycles. The maximum Gasteiger partial charge on any atom is 0.177 e. The summed E-state index contributed by atoms with van der Waals surface area (Å²) in [5.41, 5.74) is 1.68. The Morgan fingerprint density at radius 1 is 1.19 bits per heavy atom. The van der Waals surface area contributed by atoms with Crippen molar-refractivity contribution in [3.8, 4) is 0 Å². The number of fused-ring (bicyclic) bond motifs is 1. The van der Waals surface area contributed by atoms with E-state index < -0.39 is 9.84 Å². The van der Waals surface area contributed by atoms with E-state index in [9.17, 15) is 8.42 Å². The van der Waals surface area contributed by atoms with E-state index in [2.05, 4.69) is 4.98 Å². The number of benzene rings is 1. The molecule has 3 nitrogen and oxygen atoms in total. The quantitative estimate of drug-likeness (QED) is 0.873. The fourth-order valence-corrected chi connectivity index (χ4v) is 3.21. The second kappa shape index (κ2) is 3.63. The molecule has 0 aliphatic carbocycles. The van der Waals surface area contributed by atoms with E-state index in [0.717, 1.165) is 16.6 Å². The summed E-state index contributed by atoms with van der Waals surface area (Å²) in [7, 11) is -3.19. The van der Waals surface area contributed by atoms with Crippen molar-refractivity contribution in [3.05, 3.63) is 30.0 Å². The van der Waals surface area contributed by atoms with E-state index in [4.69, 9.17) is 0 Å². The monoisotopic (exact) mass is 237 g/mol. The lowest BCUT2D eigenvalue weighted by Gasteiger charge is -2.05. The molecule has 0 atom stereocenters. The number of nitrogens with one attached hydrogen (secondary N) is 1. The second-order valence-corrected chi connectivity index (χ2v) is 6.29. The van der Waals surface area contributed by atoms with Crippen molar-refractivity contribution in [1.29, 1.82) is 0 Å². The number of hydrogen-bond acceptors (Lipinski definition) is 2. The number of aromatic nitrogens is 1. The summed E-state index contributed by atoms with van der Waals surface area (Å²) in [5, 5.41) is 0.786. The van der Waals surface area contributed by atoms with Crippen LogP contribution in [0.25, 0.3) is 10.9 Å². The van der Waals surface area contributed by atoms with Gasteiger partial charge < -0.3 is 4.98 Å². The molecule has 0 bridgehead atoms. The molecule has 0 aliphatic rings. The molecule has 0 fully saturated rings. The minimum Gasteiger partial charge on any atom is -0.357 e. The van der Waals surface area contributed by atoms with E-state index in [0.29, 0.717) is 4.90 Å². The Labute approximate surface area is 95.4 Å². The molecule has 4 heteroatoms. The summed E-state index contributed by atoms with van der Waals surface area (Å²) in [4.78, 5) is 3.63. The maximum atomic E-state index is 11.8. The van der Waals surface area contributed by atoms with Crippen molar-refractivity contribution in [1.82, 2.24) is 4.98 Å². The van der Waals surface area contributed by atoms with Crippen molar-refractivity contribution >= 4 is 20.7 Å². The molecule has 0 saturated carbocycles. The van der Waals surface area contributed by atoms with Gasteiger partial charge in [-0.15, -0.1) is 0 Å². The number of hydrogen-bond donors (Lipinski definition) is 1. The van der Waals surface area contributed by atoms with Gasteiger partial charge in [0, 0.05) is 22.9 Å². The first-order valence-electron chi connectivity index (χ1n) is 5.22. The maximum absolute atomic E-state index is 11.8. The van der Waals surface area contributed by atoms with Crippen LogP contribution in [-0.2, 0) is 9.84 Å². The highest BCUT2D eigenvalue weighted by molar-refractivity contribution is 7.91. The lowest BCUT2D eigenvalue weighted by molar-refractivity contribution is 0.600. The molecule has 2 rings (SSSR count). The molecule has 0 saturated heterocycles. The number of aromatic amines is 1. The average molecular weight is 237 g/mol. The molecule has 86 valence electrons. The van der Waals surface area contributed by atoms with Crippen molar-refractivity contribution < 1.29 is 8.42 Å². The van der Waals surface area contributed by atoms with E-state index in [1.165, 1.54) is 6.26 Å². The third-order valence-corrected chi connectivity index (χ3v) is 3.82. The van der Waals surface area contributed by atoms with Gasteiger partial charge >= 0.3 is 0 Å². The highest BCUT2D eigenvalue weighted by atomic mass is 32.2.